The Bertz CT molecular complexity index is 168. The first-order chi connectivity index (χ1) is 4.66. The van der Waals surface area contributed by atoms with E-state index in [1.807, 2.05) is 0 Å². The van der Waals surface area contributed by atoms with Crippen molar-refractivity contribution in [3.8, 4) is 11.8 Å². The summed E-state index contributed by atoms with van der Waals surface area (Å²) in [5.74, 6) is 5.19. The molecule has 4 heteroatoms. The van der Waals surface area contributed by atoms with Gasteiger partial charge in [-0.25, -0.2) is 4.79 Å². The summed E-state index contributed by atoms with van der Waals surface area (Å²) in [4.78, 5) is 9.89. The third-order valence-electron chi connectivity index (χ3n) is 0.803. The number of carboxylic acid groups (broad SMARTS) is 1. The van der Waals surface area contributed by atoms with E-state index in [9.17, 15) is 4.79 Å². The van der Waals surface area contributed by atoms with Crippen molar-refractivity contribution >= 4 is 6.09 Å². The molecule has 0 aromatic rings. The van der Waals surface area contributed by atoms with Gasteiger partial charge in [-0.1, -0.05) is 5.92 Å². The molecule has 0 radical (unpaired) electrons. The smallest absolute Gasteiger partial charge is 0.404 e. The Kier molecular flexibility index (Phi) is 4.09. The van der Waals surface area contributed by atoms with Crippen LogP contribution in [0.2, 0.25) is 0 Å². The van der Waals surface area contributed by atoms with Crippen molar-refractivity contribution in [2.24, 2.45) is 5.73 Å². The van der Waals surface area contributed by atoms with Crippen LogP contribution in [0, 0.1) is 11.8 Å². The van der Waals surface area contributed by atoms with Gasteiger partial charge in [-0.05, 0) is 6.92 Å². The Balaban J connectivity index is 3.46. The van der Waals surface area contributed by atoms with Crippen molar-refractivity contribution in [3.05, 3.63) is 0 Å². The second-order valence-electron chi connectivity index (χ2n) is 1.69. The van der Waals surface area contributed by atoms with Crippen LogP contribution in [0.3, 0.4) is 0 Å². The zero-order valence-corrected chi connectivity index (χ0v) is 5.72. The number of hydrogen-bond acceptors (Lipinski definition) is 2. The number of carbonyl (C=O) groups is 1. The zero-order chi connectivity index (χ0) is 7.98. The van der Waals surface area contributed by atoms with E-state index in [1.165, 1.54) is 0 Å². The van der Waals surface area contributed by atoms with E-state index in [0.29, 0.717) is 0 Å². The van der Waals surface area contributed by atoms with Crippen LogP contribution < -0.4 is 11.1 Å². The lowest BCUT2D eigenvalue weighted by Gasteiger charge is -2.01. The van der Waals surface area contributed by atoms with E-state index in [1.54, 1.807) is 6.92 Å². The summed E-state index contributed by atoms with van der Waals surface area (Å²) < 4.78 is 0. The minimum absolute atomic E-state index is 0.177. The third-order valence-corrected chi connectivity index (χ3v) is 0.803. The van der Waals surface area contributed by atoms with Gasteiger partial charge in [0.25, 0.3) is 0 Å². The van der Waals surface area contributed by atoms with Gasteiger partial charge in [-0.3, -0.25) is 0 Å². The minimum Gasteiger partial charge on any atom is -0.465 e. The second-order valence-corrected chi connectivity index (χ2v) is 1.69. The highest BCUT2D eigenvalue weighted by atomic mass is 16.4. The fourth-order valence-electron chi connectivity index (χ4n) is 0.434. The maximum absolute atomic E-state index is 9.89. The van der Waals surface area contributed by atoms with Crippen molar-refractivity contribution in [2.45, 2.75) is 13.0 Å². The Labute approximate surface area is 59.4 Å². The molecular weight excluding hydrogens is 132 g/mol. The van der Waals surface area contributed by atoms with Crippen molar-refractivity contribution in [1.29, 1.82) is 0 Å². The highest BCUT2D eigenvalue weighted by Crippen LogP contribution is 1.71. The largest absolute Gasteiger partial charge is 0.465 e. The molecule has 10 heavy (non-hydrogen) atoms. The van der Waals surface area contributed by atoms with Gasteiger partial charge in [0.2, 0.25) is 0 Å². The fourth-order valence-corrected chi connectivity index (χ4v) is 0.434. The summed E-state index contributed by atoms with van der Waals surface area (Å²) in [6.07, 6.45) is -1.08. The van der Waals surface area contributed by atoms with Crippen molar-refractivity contribution < 1.29 is 9.90 Å². The highest BCUT2D eigenvalue weighted by Gasteiger charge is 1.98. The van der Waals surface area contributed by atoms with Crippen LogP contribution in [-0.4, -0.2) is 23.8 Å². The molecule has 0 aromatic heterocycles. The molecule has 0 aliphatic heterocycles. The Morgan fingerprint density at radius 1 is 1.90 bits per heavy atom. The first kappa shape index (κ1) is 8.79. The van der Waals surface area contributed by atoms with Crippen LogP contribution in [0.5, 0.6) is 0 Å². The monoisotopic (exact) mass is 142 g/mol. The molecule has 0 aliphatic carbocycles. The topological polar surface area (TPSA) is 75.3 Å². The molecule has 4 nitrogen and oxygen atoms in total. The van der Waals surface area contributed by atoms with Crippen molar-refractivity contribution in [2.75, 3.05) is 6.54 Å². The number of nitrogens with two attached hydrogens (primary N) is 1. The zero-order valence-electron chi connectivity index (χ0n) is 5.72. The molecule has 1 atom stereocenters. The summed E-state index contributed by atoms with van der Waals surface area (Å²) in [6, 6.07) is -0.402. The lowest BCUT2D eigenvalue weighted by molar-refractivity contribution is 0.194. The maximum atomic E-state index is 9.89. The molecule has 4 N–H and O–H groups in total. The Morgan fingerprint density at radius 3 is 2.90 bits per heavy atom. The molecule has 1 amide bonds. The van der Waals surface area contributed by atoms with Gasteiger partial charge < -0.3 is 16.2 Å². The van der Waals surface area contributed by atoms with Crippen LogP contribution in [0.15, 0.2) is 0 Å². The maximum Gasteiger partial charge on any atom is 0.404 e. The summed E-state index contributed by atoms with van der Waals surface area (Å²) >= 11 is 0. The van der Waals surface area contributed by atoms with Gasteiger partial charge in [0.05, 0.1) is 6.04 Å². The number of hydrogen-bond donors (Lipinski definition) is 3. The fraction of sp³-hybridized carbons (Fsp3) is 0.500. The van der Waals surface area contributed by atoms with Crippen LogP contribution in [0.25, 0.3) is 0 Å². The van der Waals surface area contributed by atoms with Gasteiger partial charge in [-0.2, -0.15) is 0 Å². The molecule has 0 aromatic carbocycles. The molecule has 1 unspecified atom stereocenters. The third kappa shape index (κ3) is 4.94. The minimum atomic E-state index is -1.08. The molecule has 0 fully saturated rings. The highest BCUT2D eigenvalue weighted by molar-refractivity contribution is 5.64. The lowest BCUT2D eigenvalue weighted by atomic mass is 10.3. The van der Waals surface area contributed by atoms with Gasteiger partial charge in [0.15, 0.2) is 0 Å². The molecule has 0 bridgehead atoms. The van der Waals surface area contributed by atoms with E-state index in [4.69, 9.17) is 10.8 Å². The molecule has 0 spiro atoms. The molecule has 0 rings (SSSR count). The predicted molar refractivity (Wildman–Crippen MR) is 37.5 cm³/mol. The first-order valence-electron chi connectivity index (χ1n) is 2.81. The SMILES string of the molecule is CC#CC(N)CNC(=O)O. The standard InChI is InChI=1S/C6H10N2O2/c1-2-3-5(7)4-8-6(9)10/h5,8H,4,7H2,1H3,(H,9,10). The summed E-state index contributed by atoms with van der Waals surface area (Å²) in [7, 11) is 0. The van der Waals surface area contributed by atoms with Crippen LogP contribution in [-0.2, 0) is 0 Å². The predicted octanol–water partition coefficient (Wildman–Crippen LogP) is -0.395. The average molecular weight is 142 g/mol. The van der Waals surface area contributed by atoms with Crippen molar-refractivity contribution in [1.82, 2.24) is 5.32 Å². The molecule has 0 saturated heterocycles. The van der Waals surface area contributed by atoms with Gasteiger partial charge in [-0.15, -0.1) is 5.92 Å². The van der Waals surface area contributed by atoms with E-state index in [2.05, 4.69) is 17.2 Å². The Morgan fingerprint density at radius 2 is 2.50 bits per heavy atom. The number of rotatable bonds is 2. The summed E-state index contributed by atoms with van der Waals surface area (Å²) in [6.45, 7) is 1.83. The van der Waals surface area contributed by atoms with Crippen LogP contribution in [0.1, 0.15) is 6.92 Å². The van der Waals surface area contributed by atoms with Crippen LogP contribution in [0.4, 0.5) is 4.79 Å². The van der Waals surface area contributed by atoms with Gasteiger partial charge >= 0.3 is 6.09 Å². The lowest BCUT2D eigenvalue weighted by Crippen LogP contribution is -2.35. The normalized spacial score (nSPS) is 11.0. The number of amides is 1. The van der Waals surface area contributed by atoms with E-state index < -0.39 is 12.1 Å². The first-order valence-corrected chi connectivity index (χ1v) is 2.81. The van der Waals surface area contributed by atoms with E-state index in [0.717, 1.165) is 0 Å². The average Bonchev–Trinajstić information content (AvgIpc) is 1.85. The van der Waals surface area contributed by atoms with Crippen molar-refractivity contribution in [3.63, 3.8) is 0 Å². The molecule has 0 saturated carbocycles. The Hall–Kier alpha value is -1.21. The van der Waals surface area contributed by atoms with Gasteiger partial charge in [0.1, 0.15) is 0 Å². The summed E-state index contributed by atoms with van der Waals surface area (Å²) in [5, 5.41) is 10.2. The molecule has 0 heterocycles. The summed E-state index contributed by atoms with van der Waals surface area (Å²) in [5.41, 5.74) is 5.33. The van der Waals surface area contributed by atoms with Gasteiger partial charge in [0, 0.05) is 6.54 Å². The quantitative estimate of drug-likeness (QED) is 0.459. The molecule has 56 valence electrons. The number of nitrogens with one attached hydrogen (secondary N) is 1. The van der Waals surface area contributed by atoms with E-state index in [-0.39, 0.29) is 6.54 Å². The molecule has 0 aliphatic rings. The van der Waals surface area contributed by atoms with E-state index >= 15 is 0 Å². The van der Waals surface area contributed by atoms with Crippen LogP contribution >= 0.6 is 0 Å². The molecular formula is C6H10N2O2. The second kappa shape index (κ2) is 4.65.